The zero-order chi connectivity index (χ0) is 22.0. The van der Waals surface area contributed by atoms with Crippen molar-refractivity contribution in [3.8, 4) is 11.1 Å². The van der Waals surface area contributed by atoms with Crippen LogP contribution < -0.4 is 5.32 Å². The summed E-state index contributed by atoms with van der Waals surface area (Å²) >= 11 is 6.71. The van der Waals surface area contributed by atoms with Gasteiger partial charge in [-0.1, -0.05) is 80.4 Å². The maximum atomic E-state index is 12.3. The first-order valence-electron chi connectivity index (χ1n) is 9.85. The number of aliphatic hydroxyl groups excluding tert-OH is 2. The topological polar surface area (TPSA) is 78.8 Å². The Morgan fingerprint density at radius 1 is 0.935 bits per heavy atom. The third-order valence-corrected chi connectivity index (χ3v) is 6.31. The maximum Gasteiger partial charge on any atom is 0.407 e. The molecule has 0 saturated carbocycles. The Hall–Kier alpha value is -2.19. The van der Waals surface area contributed by atoms with Crippen LogP contribution in [-0.2, 0) is 4.74 Å². The van der Waals surface area contributed by atoms with E-state index < -0.39 is 18.3 Å². The average Bonchev–Trinajstić information content (AvgIpc) is 3.08. The number of carbonyl (C=O) groups excluding carboxylic acids is 1. The fraction of sp³-hybridized carbons (Fsp3) is 0.208. The highest BCUT2D eigenvalue weighted by Crippen LogP contribution is 2.44. The number of carbonyl (C=O) groups is 1. The molecular weight excluding hydrogens is 526 g/mol. The van der Waals surface area contributed by atoms with E-state index in [0.29, 0.717) is 5.56 Å². The lowest BCUT2D eigenvalue weighted by atomic mass is 9.98. The number of benzene rings is 3. The lowest BCUT2D eigenvalue weighted by Crippen LogP contribution is -2.36. The summed E-state index contributed by atoms with van der Waals surface area (Å²) in [6, 6.07) is 21.5. The Kier molecular flexibility index (Phi) is 6.77. The van der Waals surface area contributed by atoms with Crippen molar-refractivity contribution in [2.24, 2.45) is 0 Å². The van der Waals surface area contributed by atoms with Gasteiger partial charge in [0, 0.05) is 21.4 Å². The number of hydrogen-bond donors (Lipinski definition) is 3. The Bertz CT molecular complexity index is 1040. The van der Waals surface area contributed by atoms with Crippen molar-refractivity contribution >= 4 is 38.0 Å². The van der Waals surface area contributed by atoms with Crippen LogP contribution in [0.4, 0.5) is 4.79 Å². The quantitative estimate of drug-likeness (QED) is 0.400. The normalized spacial score (nSPS) is 14.5. The summed E-state index contributed by atoms with van der Waals surface area (Å²) in [5.41, 5.74) is 5.11. The molecule has 1 aliphatic rings. The van der Waals surface area contributed by atoms with Crippen LogP contribution in [0, 0.1) is 0 Å². The summed E-state index contributed by atoms with van der Waals surface area (Å²) in [5, 5.41) is 23.2. The van der Waals surface area contributed by atoms with Gasteiger partial charge in [-0.3, -0.25) is 0 Å². The van der Waals surface area contributed by atoms with Crippen molar-refractivity contribution in [2.75, 3.05) is 13.2 Å². The first kappa shape index (κ1) is 22.0. The second kappa shape index (κ2) is 9.53. The van der Waals surface area contributed by atoms with Gasteiger partial charge in [-0.15, -0.1) is 0 Å². The van der Waals surface area contributed by atoms with Crippen LogP contribution in [0.3, 0.4) is 0 Å². The molecule has 4 rings (SSSR count). The zero-order valence-electron chi connectivity index (χ0n) is 16.5. The van der Waals surface area contributed by atoms with Crippen LogP contribution in [0.25, 0.3) is 11.1 Å². The maximum absolute atomic E-state index is 12.3. The standard InChI is InChI=1S/C24H21Br2NO4/c25-15-9-14(10-16(26)11-15)23(29)22(28)12-27-24(30)31-13-21-19-7-3-1-5-17(19)18-6-2-4-8-20(18)21/h1-11,21-23,28-29H,12-13H2,(H,27,30). The number of alkyl carbamates (subject to hydrolysis) is 1. The van der Waals surface area contributed by atoms with Gasteiger partial charge in [0.1, 0.15) is 18.8 Å². The molecule has 0 bridgehead atoms. The Balaban J connectivity index is 1.35. The highest BCUT2D eigenvalue weighted by Gasteiger charge is 2.29. The third kappa shape index (κ3) is 4.85. The van der Waals surface area contributed by atoms with E-state index in [9.17, 15) is 15.0 Å². The Labute approximate surface area is 197 Å². The molecule has 2 unspecified atom stereocenters. The van der Waals surface area contributed by atoms with Crippen LogP contribution >= 0.6 is 31.9 Å². The van der Waals surface area contributed by atoms with Gasteiger partial charge in [-0.2, -0.15) is 0 Å². The number of halogens is 2. The number of hydrogen-bond acceptors (Lipinski definition) is 4. The summed E-state index contributed by atoms with van der Waals surface area (Å²) in [5.74, 6) is -0.0346. The van der Waals surface area contributed by atoms with Crippen LogP contribution in [-0.4, -0.2) is 35.6 Å². The highest BCUT2D eigenvalue weighted by molar-refractivity contribution is 9.11. The third-order valence-electron chi connectivity index (χ3n) is 5.39. The molecule has 2 atom stereocenters. The van der Waals surface area contributed by atoms with Crippen molar-refractivity contribution < 1.29 is 19.7 Å². The van der Waals surface area contributed by atoms with Gasteiger partial charge in [0.15, 0.2) is 0 Å². The minimum Gasteiger partial charge on any atom is -0.449 e. The summed E-state index contributed by atoms with van der Waals surface area (Å²) < 4.78 is 7.00. The van der Waals surface area contributed by atoms with E-state index in [2.05, 4.69) is 61.4 Å². The van der Waals surface area contributed by atoms with E-state index >= 15 is 0 Å². The Morgan fingerprint density at radius 3 is 2.06 bits per heavy atom. The second-order valence-electron chi connectivity index (χ2n) is 7.42. The number of fused-ring (bicyclic) bond motifs is 3. The van der Waals surface area contributed by atoms with Crippen molar-refractivity contribution in [3.05, 3.63) is 92.4 Å². The zero-order valence-corrected chi connectivity index (χ0v) is 19.6. The molecule has 0 radical (unpaired) electrons. The van der Waals surface area contributed by atoms with Gasteiger partial charge < -0.3 is 20.3 Å². The molecule has 0 aromatic heterocycles. The Morgan fingerprint density at radius 2 is 1.48 bits per heavy atom. The number of amides is 1. The molecule has 0 spiro atoms. The fourth-order valence-electron chi connectivity index (χ4n) is 3.92. The van der Waals surface area contributed by atoms with E-state index in [4.69, 9.17) is 4.74 Å². The number of rotatable bonds is 6. The smallest absolute Gasteiger partial charge is 0.407 e. The lowest BCUT2D eigenvalue weighted by Gasteiger charge is -2.20. The highest BCUT2D eigenvalue weighted by atomic mass is 79.9. The van der Waals surface area contributed by atoms with Crippen molar-refractivity contribution in [2.45, 2.75) is 18.1 Å². The van der Waals surface area contributed by atoms with Gasteiger partial charge in [0.05, 0.1) is 0 Å². The number of ether oxygens (including phenoxy) is 1. The van der Waals surface area contributed by atoms with E-state index in [1.54, 1.807) is 12.1 Å². The average molecular weight is 547 g/mol. The summed E-state index contributed by atoms with van der Waals surface area (Å²) in [7, 11) is 0. The number of aliphatic hydroxyl groups is 2. The van der Waals surface area contributed by atoms with Crippen LogP contribution in [0.5, 0.6) is 0 Å². The summed E-state index contributed by atoms with van der Waals surface area (Å²) in [4.78, 5) is 12.3. The monoisotopic (exact) mass is 545 g/mol. The van der Waals surface area contributed by atoms with Gasteiger partial charge in [-0.25, -0.2) is 4.79 Å². The summed E-state index contributed by atoms with van der Waals surface area (Å²) in [6.07, 6.45) is -2.96. The largest absolute Gasteiger partial charge is 0.449 e. The molecule has 0 aliphatic heterocycles. The SMILES string of the molecule is O=C(NCC(O)C(O)c1cc(Br)cc(Br)c1)OCC1c2ccccc2-c2ccccc21. The lowest BCUT2D eigenvalue weighted by molar-refractivity contribution is 0.0185. The van der Waals surface area contributed by atoms with Gasteiger partial charge in [-0.05, 0) is 46.0 Å². The molecule has 1 amide bonds. The minimum absolute atomic E-state index is 0.0346. The second-order valence-corrected chi connectivity index (χ2v) is 9.25. The molecular formula is C24H21Br2NO4. The van der Waals surface area contributed by atoms with Gasteiger partial charge in [0.2, 0.25) is 0 Å². The first-order chi connectivity index (χ1) is 14.9. The first-order valence-corrected chi connectivity index (χ1v) is 11.4. The van der Waals surface area contributed by atoms with Crippen molar-refractivity contribution in [1.29, 1.82) is 0 Å². The number of nitrogens with one attached hydrogen (secondary N) is 1. The predicted octanol–water partition coefficient (Wildman–Crippen LogP) is 5.14. The van der Waals surface area contributed by atoms with Crippen LogP contribution in [0.2, 0.25) is 0 Å². The van der Waals surface area contributed by atoms with Crippen LogP contribution in [0.15, 0.2) is 75.7 Å². The van der Waals surface area contributed by atoms with E-state index in [-0.39, 0.29) is 19.1 Å². The predicted molar refractivity (Wildman–Crippen MR) is 126 cm³/mol. The molecule has 0 saturated heterocycles. The van der Waals surface area contributed by atoms with Crippen molar-refractivity contribution in [1.82, 2.24) is 5.32 Å². The van der Waals surface area contributed by atoms with E-state index in [1.807, 2.05) is 30.3 Å². The molecule has 160 valence electrons. The van der Waals surface area contributed by atoms with E-state index in [1.165, 1.54) is 0 Å². The fourth-order valence-corrected chi connectivity index (χ4v) is 5.25. The summed E-state index contributed by atoms with van der Waals surface area (Å²) in [6.45, 7) is 0.0546. The molecule has 3 N–H and O–H groups in total. The molecule has 3 aromatic carbocycles. The van der Waals surface area contributed by atoms with E-state index in [0.717, 1.165) is 31.2 Å². The molecule has 31 heavy (non-hydrogen) atoms. The molecule has 7 heteroatoms. The van der Waals surface area contributed by atoms with Crippen molar-refractivity contribution in [3.63, 3.8) is 0 Å². The molecule has 3 aromatic rings. The molecule has 0 heterocycles. The molecule has 0 fully saturated rings. The van der Waals surface area contributed by atoms with Gasteiger partial charge >= 0.3 is 6.09 Å². The van der Waals surface area contributed by atoms with Crippen LogP contribution in [0.1, 0.15) is 28.7 Å². The minimum atomic E-state index is -1.18. The van der Waals surface area contributed by atoms with Gasteiger partial charge in [0.25, 0.3) is 0 Å². The molecule has 1 aliphatic carbocycles. The molecule has 5 nitrogen and oxygen atoms in total.